The third kappa shape index (κ3) is 3.43. The summed E-state index contributed by atoms with van der Waals surface area (Å²) in [7, 11) is 0. The Morgan fingerprint density at radius 1 is 0.941 bits per heavy atom. The van der Waals surface area contributed by atoms with Crippen LogP contribution in [0.3, 0.4) is 0 Å². The molecule has 0 fully saturated rings. The number of benzene rings is 2. The lowest BCUT2D eigenvalue weighted by Gasteiger charge is -1.99. The number of aryl methyl sites for hydroxylation is 2. The highest BCUT2D eigenvalue weighted by molar-refractivity contribution is 6.30. The summed E-state index contributed by atoms with van der Waals surface area (Å²) < 4.78 is 0. The van der Waals surface area contributed by atoms with Gasteiger partial charge < -0.3 is 0 Å². The summed E-state index contributed by atoms with van der Waals surface area (Å²) in [6.07, 6.45) is 1.88. The van der Waals surface area contributed by atoms with Crippen LogP contribution in [-0.4, -0.2) is 6.21 Å². The first-order valence-electron chi connectivity index (χ1n) is 5.51. The highest BCUT2D eigenvalue weighted by Gasteiger charge is 1.93. The molecule has 0 aliphatic rings. The first-order chi connectivity index (χ1) is 8.13. The molecule has 0 N–H and O–H groups in total. The second kappa shape index (κ2) is 5.15. The van der Waals surface area contributed by atoms with Gasteiger partial charge >= 0.3 is 0 Å². The molecule has 0 spiro atoms. The molecule has 0 unspecified atom stereocenters. The Morgan fingerprint density at radius 2 is 1.53 bits per heavy atom. The van der Waals surface area contributed by atoms with Crippen LogP contribution in [0.15, 0.2) is 47.5 Å². The summed E-state index contributed by atoms with van der Waals surface area (Å²) >= 11 is 5.82. The summed E-state index contributed by atoms with van der Waals surface area (Å²) in [6.45, 7) is 4.18. The van der Waals surface area contributed by atoms with Crippen molar-refractivity contribution in [3.05, 3.63) is 64.2 Å². The Balaban J connectivity index is 2.22. The summed E-state index contributed by atoms with van der Waals surface area (Å²) in [5, 5.41) is 0.732. The predicted molar refractivity (Wildman–Crippen MR) is 74.6 cm³/mol. The second-order valence-electron chi connectivity index (χ2n) is 4.16. The molecule has 86 valence electrons. The van der Waals surface area contributed by atoms with E-state index in [2.05, 4.69) is 37.0 Å². The Labute approximate surface area is 107 Å². The minimum absolute atomic E-state index is 0.732. The van der Waals surface area contributed by atoms with Crippen molar-refractivity contribution >= 4 is 23.5 Å². The molecule has 0 aliphatic heterocycles. The van der Waals surface area contributed by atoms with Crippen molar-refractivity contribution in [2.75, 3.05) is 0 Å². The molecule has 1 nitrogen and oxygen atoms in total. The summed E-state index contributed by atoms with van der Waals surface area (Å²) in [5.41, 5.74) is 4.54. The Kier molecular flexibility index (Phi) is 3.60. The van der Waals surface area contributed by atoms with Crippen LogP contribution in [0.4, 0.5) is 5.69 Å². The molecular formula is C15H14ClN. The van der Waals surface area contributed by atoms with Crippen molar-refractivity contribution in [1.82, 2.24) is 0 Å². The van der Waals surface area contributed by atoms with Gasteiger partial charge in [0, 0.05) is 11.2 Å². The molecule has 0 saturated heterocycles. The van der Waals surface area contributed by atoms with Gasteiger partial charge in [0.05, 0.1) is 5.69 Å². The fourth-order valence-electron chi connectivity index (χ4n) is 1.76. The number of hydrogen-bond acceptors (Lipinski definition) is 1. The maximum absolute atomic E-state index is 5.82. The third-order valence-electron chi connectivity index (χ3n) is 2.43. The van der Waals surface area contributed by atoms with Crippen molar-refractivity contribution in [1.29, 1.82) is 0 Å². The predicted octanol–water partition coefficient (Wildman–Crippen LogP) is 4.71. The van der Waals surface area contributed by atoms with Crippen LogP contribution in [0.2, 0.25) is 5.02 Å². The van der Waals surface area contributed by atoms with Crippen LogP contribution in [-0.2, 0) is 0 Å². The molecule has 0 bridgehead atoms. The summed E-state index contributed by atoms with van der Waals surface area (Å²) in [6, 6.07) is 13.9. The van der Waals surface area contributed by atoms with E-state index in [1.54, 1.807) is 0 Å². The van der Waals surface area contributed by atoms with Crippen LogP contribution in [0.1, 0.15) is 16.7 Å². The Hall–Kier alpha value is -1.60. The van der Waals surface area contributed by atoms with E-state index in [1.165, 1.54) is 11.1 Å². The first-order valence-corrected chi connectivity index (χ1v) is 5.89. The average molecular weight is 244 g/mol. The molecule has 2 rings (SSSR count). The normalized spacial score (nSPS) is 11.0. The molecule has 2 heteroatoms. The highest BCUT2D eigenvalue weighted by atomic mass is 35.5. The van der Waals surface area contributed by atoms with Gasteiger partial charge in [0.2, 0.25) is 0 Å². The molecule has 2 aromatic carbocycles. The molecule has 0 heterocycles. The van der Waals surface area contributed by atoms with E-state index in [1.807, 2.05) is 30.5 Å². The van der Waals surface area contributed by atoms with E-state index in [4.69, 9.17) is 11.6 Å². The second-order valence-corrected chi connectivity index (χ2v) is 4.59. The topological polar surface area (TPSA) is 12.4 Å². The highest BCUT2D eigenvalue weighted by Crippen LogP contribution is 2.16. The van der Waals surface area contributed by atoms with Crippen LogP contribution in [0.25, 0.3) is 0 Å². The maximum Gasteiger partial charge on any atom is 0.0630 e. The molecule has 0 aliphatic carbocycles. The van der Waals surface area contributed by atoms with E-state index >= 15 is 0 Å². The zero-order valence-electron chi connectivity index (χ0n) is 9.94. The average Bonchev–Trinajstić information content (AvgIpc) is 2.27. The summed E-state index contributed by atoms with van der Waals surface area (Å²) in [5.74, 6) is 0. The molecule has 0 aromatic heterocycles. The van der Waals surface area contributed by atoms with Gasteiger partial charge in [-0.2, -0.15) is 0 Å². The molecule has 0 radical (unpaired) electrons. The fourth-order valence-corrected chi connectivity index (χ4v) is 1.89. The lowest BCUT2D eigenvalue weighted by Crippen LogP contribution is -1.84. The zero-order valence-corrected chi connectivity index (χ0v) is 10.7. The van der Waals surface area contributed by atoms with Gasteiger partial charge in [-0.15, -0.1) is 0 Å². The number of nitrogens with zero attached hydrogens (tertiary/aromatic N) is 1. The van der Waals surface area contributed by atoms with Gasteiger partial charge in [0.15, 0.2) is 0 Å². The number of rotatable bonds is 2. The van der Waals surface area contributed by atoms with Crippen molar-refractivity contribution in [3.8, 4) is 0 Å². The van der Waals surface area contributed by atoms with E-state index < -0.39 is 0 Å². The molecular weight excluding hydrogens is 230 g/mol. The summed E-state index contributed by atoms with van der Waals surface area (Å²) in [4.78, 5) is 4.42. The van der Waals surface area contributed by atoms with E-state index in [0.29, 0.717) is 0 Å². The monoisotopic (exact) mass is 243 g/mol. The van der Waals surface area contributed by atoms with Crippen LogP contribution in [0, 0.1) is 13.8 Å². The van der Waals surface area contributed by atoms with Crippen LogP contribution < -0.4 is 0 Å². The van der Waals surface area contributed by atoms with Gasteiger partial charge in [-0.3, -0.25) is 4.99 Å². The van der Waals surface area contributed by atoms with Crippen LogP contribution in [0.5, 0.6) is 0 Å². The standard InChI is InChI=1S/C15H14ClN/c1-11-7-12(2)9-13(8-11)10-17-15-5-3-14(16)4-6-15/h3-10H,1-2H3. The van der Waals surface area contributed by atoms with Gasteiger partial charge in [0.25, 0.3) is 0 Å². The largest absolute Gasteiger partial charge is 0.256 e. The van der Waals surface area contributed by atoms with Crippen molar-refractivity contribution in [2.24, 2.45) is 4.99 Å². The van der Waals surface area contributed by atoms with Gasteiger partial charge in [0.1, 0.15) is 0 Å². The van der Waals surface area contributed by atoms with Crippen LogP contribution >= 0.6 is 11.6 Å². The van der Waals surface area contributed by atoms with Gasteiger partial charge in [-0.25, -0.2) is 0 Å². The Bertz CT molecular complexity index is 521. The van der Waals surface area contributed by atoms with Crippen molar-refractivity contribution in [2.45, 2.75) is 13.8 Å². The van der Waals surface area contributed by atoms with E-state index in [9.17, 15) is 0 Å². The lowest BCUT2D eigenvalue weighted by molar-refractivity contribution is 1.37. The number of hydrogen-bond donors (Lipinski definition) is 0. The van der Waals surface area contributed by atoms with Gasteiger partial charge in [-0.1, -0.05) is 40.9 Å². The first kappa shape index (κ1) is 11.9. The number of aliphatic imine (C=N–C) groups is 1. The SMILES string of the molecule is Cc1cc(C)cc(C=Nc2ccc(Cl)cc2)c1. The zero-order chi connectivity index (χ0) is 12.3. The molecule has 17 heavy (non-hydrogen) atoms. The maximum atomic E-state index is 5.82. The molecule has 0 amide bonds. The molecule has 0 saturated carbocycles. The smallest absolute Gasteiger partial charge is 0.0630 e. The van der Waals surface area contributed by atoms with Crippen molar-refractivity contribution in [3.63, 3.8) is 0 Å². The lowest BCUT2D eigenvalue weighted by atomic mass is 10.1. The minimum atomic E-state index is 0.732. The van der Waals surface area contributed by atoms with Crippen molar-refractivity contribution < 1.29 is 0 Å². The quantitative estimate of drug-likeness (QED) is 0.678. The molecule has 2 aromatic rings. The fraction of sp³-hybridized carbons (Fsp3) is 0.133. The Morgan fingerprint density at radius 3 is 2.12 bits per heavy atom. The van der Waals surface area contributed by atoms with E-state index in [0.717, 1.165) is 16.3 Å². The third-order valence-corrected chi connectivity index (χ3v) is 2.69. The van der Waals surface area contributed by atoms with Gasteiger partial charge in [-0.05, 0) is 43.7 Å². The molecule has 0 atom stereocenters. The number of halogens is 1. The minimum Gasteiger partial charge on any atom is -0.256 e. The van der Waals surface area contributed by atoms with E-state index in [-0.39, 0.29) is 0 Å².